The summed E-state index contributed by atoms with van der Waals surface area (Å²) in [5.74, 6) is -0.0406. The van der Waals surface area contributed by atoms with E-state index in [-0.39, 0.29) is 5.91 Å². The van der Waals surface area contributed by atoms with Gasteiger partial charge in [-0.1, -0.05) is 18.2 Å². The number of amides is 1. The summed E-state index contributed by atoms with van der Waals surface area (Å²) in [6.07, 6.45) is 1.93. The minimum absolute atomic E-state index is 0.0406. The number of fused-ring (bicyclic) bond motifs is 1. The van der Waals surface area contributed by atoms with E-state index in [0.29, 0.717) is 12.2 Å². The standard InChI is InChI=1S/C16H18BrN3O/c1-2-20-10-14(17)6-15(20)16(21)19-7-11-3-4-12-8-18-9-13(12)5-11/h3-6,10,18H,2,7-9H2,1H3,(H,19,21). The summed E-state index contributed by atoms with van der Waals surface area (Å²) < 4.78 is 2.87. The predicted octanol–water partition coefficient (Wildman–Crippen LogP) is 2.80. The molecule has 0 aliphatic carbocycles. The van der Waals surface area contributed by atoms with E-state index in [9.17, 15) is 4.79 Å². The quantitative estimate of drug-likeness (QED) is 0.893. The second-order valence-electron chi connectivity index (χ2n) is 5.22. The summed E-state index contributed by atoms with van der Waals surface area (Å²) in [6, 6.07) is 8.25. The van der Waals surface area contributed by atoms with Crippen LogP contribution in [-0.4, -0.2) is 10.5 Å². The van der Waals surface area contributed by atoms with Crippen molar-refractivity contribution in [3.8, 4) is 0 Å². The van der Waals surface area contributed by atoms with Crippen LogP contribution in [0.25, 0.3) is 0 Å². The van der Waals surface area contributed by atoms with Crippen LogP contribution in [0.15, 0.2) is 34.9 Å². The van der Waals surface area contributed by atoms with Crippen LogP contribution in [0.1, 0.15) is 34.1 Å². The van der Waals surface area contributed by atoms with Gasteiger partial charge in [0.05, 0.1) is 0 Å². The maximum atomic E-state index is 12.3. The summed E-state index contributed by atoms with van der Waals surface area (Å²) in [5, 5.41) is 6.32. The first-order valence-electron chi connectivity index (χ1n) is 7.12. The Morgan fingerprint density at radius 3 is 2.95 bits per heavy atom. The molecule has 1 aliphatic rings. The maximum Gasteiger partial charge on any atom is 0.268 e. The molecule has 2 N–H and O–H groups in total. The first kappa shape index (κ1) is 14.4. The van der Waals surface area contributed by atoms with Gasteiger partial charge in [-0.25, -0.2) is 0 Å². The Kier molecular flexibility index (Phi) is 4.12. The second kappa shape index (κ2) is 6.03. The van der Waals surface area contributed by atoms with E-state index >= 15 is 0 Å². The van der Waals surface area contributed by atoms with Crippen molar-refractivity contribution >= 4 is 21.8 Å². The van der Waals surface area contributed by atoms with Crippen LogP contribution in [0.4, 0.5) is 0 Å². The highest BCUT2D eigenvalue weighted by atomic mass is 79.9. The van der Waals surface area contributed by atoms with E-state index in [0.717, 1.165) is 29.7 Å². The van der Waals surface area contributed by atoms with Gasteiger partial charge in [-0.2, -0.15) is 0 Å². The predicted molar refractivity (Wildman–Crippen MR) is 86.0 cm³/mol. The van der Waals surface area contributed by atoms with E-state index in [1.807, 2.05) is 23.8 Å². The fourth-order valence-electron chi connectivity index (χ4n) is 2.66. The lowest BCUT2D eigenvalue weighted by atomic mass is 10.1. The fourth-order valence-corrected chi connectivity index (χ4v) is 3.12. The van der Waals surface area contributed by atoms with Crippen LogP contribution in [0.3, 0.4) is 0 Å². The van der Waals surface area contributed by atoms with Crippen LogP contribution in [0, 0.1) is 0 Å². The number of aryl methyl sites for hydroxylation is 1. The minimum Gasteiger partial charge on any atom is -0.347 e. The SMILES string of the molecule is CCn1cc(Br)cc1C(=O)NCc1ccc2c(c1)CNC2. The Bertz CT molecular complexity index is 678. The zero-order valence-corrected chi connectivity index (χ0v) is 13.5. The molecule has 21 heavy (non-hydrogen) atoms. The molecule has 1 amide bonds. The molecule has 0 spiro atoms. The number of benzene rings is 1. The fraction of sp³-hybridized carbons (Fsp3) is 0.312. The van der Waals surface area contributed by atoms with Crippen molar-refractivity contribution in [2.45, 2.75) is 33.1 Å². The molecule has 0 bridgehead atoms. The number of rotatable bonds is 4. The van der Waals surface area contributed by atoms with Gasteiger partial charge in [-0.3, -0.25) is 4.79 Å². The molecule has 3 rings (SSSR count). The summed E-state index contributed by atoms with van der Waals surface area (Å²) >= 11 is 3.41. The minimum atomic E-state index is -0.0406. The Morgan fingerprint density at radius 1 is 1.33 bits per heavy atom. The molecule has 0 radical (unpaired) electrons. The molecular weight excluding hydrogens is 330 g/mol. The molecule has 4 nitrogen and oxygen atoms in total. The van der Waals surface area contributed by atoms with Crippen molar-refractivity contribution < 1.29 is 4.79 Å². The lowest BCUT2D eigenvalue weighted by Crippen LogP contribution is -2.25. The molecule has 5 heteroatoms. The van der Waals surface area contributed by atoms with Gasteiger partial charge in [0.2, 0.25) is 0 Å². The van der Waals surface area contributed by atoms with Crippen molar-refractivity contribution in [3.63, 3.8) is 0 Å². The number of hydrogen-bond acceptors (Lipinski definition) is 2. The lowest BCUT2D eigenvalue weighted by Gasteiger charge is -2.09. The van der Waals surface area contributed by atoms with Gasteiger partial charge in [-0.05, 0) is 45.6 Å². The number of nitrogens with zero attached hydrogens (tertiary/aromatic N) is 1. The monoisotopic (exact) mass is 347 g/mol. The van der Waals surface area contributed by atoms with Gasteiger partial charge in [-0.15, -0.1) is 0 Å². The number of aromatic nitrogens is 1. The Hall–Kier alpha value is -1.59. The molecule has 2 aromatic rings. The molecular formula is C16H18BrN3O. The Morgan fingerprint density at radius 2 is 2.14 bits per heavy atom. The third-order valence-corrected chi connectivity index (χ3v) is 4.22. The molecule has 0 atom stereocenters. The molecule has 1 aromatic carbocycles. The van der Waals surface area contributed by atoms with Gasteiger partial charge in [0, 0.05) is 36.8 Å². The van der Waals surface area contributed by atoms with Crippen LogP contribution in [-0.2, 0) is 26.2 Å². The summed E-state index contributed by atoms with van der Waals surface area (Å²) in [4.78, 5) is 12.3. The average molecular weight is 348 g/mol. The van der Waals surface area contributed by atoms with E-state index in [1.165, 1.54) is 11.1 Å². The Balaban J connectivity index is 1.68. The lowest BCUT2D eigenvalue weighted by molar-refractivity contribution is 0.0941. The molecule has 1 aliphatic heterocycles. The molecule has 0 unspecified atom stereocenters. The number of halogens is 1. The van der Waals surface area contributed by atoms with Gasteiger partial charge >= 0.3 is 0 Å². The zero-order chi connectivity index (χ0) is 14.8. The Labute approximate surface area is 132 Å². The molecule has 2 heterocycles. The zero-order valence-electron chi connectivity index (χ0n) is 11.9. The van der Waals surface area contributed by atoms with E-state index < -0.39 is 0 Å². The topological polar surface area (TPSA) is 46.1 Å². The number of carbonyl (C=O) groups is 1. The van der Waals surface area contributed by atoms with Gasteiger partial charge < -0.3 is 15.2 Å². The number of hydrogen-bond donors (Lipinski definition) is 2. The van der Waals surface area contributed by atoms with Gasteiger partial charge in [0.15, 0.2) is 0 Å². The van der Waals surface area contributed by atoms with Gasteiger partial charge in [0.1, 0.15) is 5.69 Å². The third-order valence-electron chi connectivity index (χ3n) is 3.79. The van der Waals surface area contributed by atoms with E-state index in [1.54, 1.807) is 0 Å². The maximum absolute atomic E-state index is 12.3. The average Bonchev–Trinajstić information content (AvgIpc) is 3.09. The first-order valence-corrected chi connectivity index (χ1v) is 7.92. The van der Waals surface area contributed by atoms with Crippen LogP contribution in [0.5, 0.6) is 0 Å². The molecule has 110 valence electrons. The van der Waals surface area contributed by atoms with E-state index in [2.05, 4.69) is 44.8 Å². The van der Waals surface area contributed by atoms with Crippen molar-refractivity contribution in [1.29, 1.82) is 0 Å². The molecule has 0 saturated heterocycles. The van der Waals surface area contributed by atoms with E-state index in [4.69, 9.17) is 0 Å². The highest BCUT2D eigenvalue weighted by Crippen LogP contribution is 2.18. The second-order valence-corrected chi connectivity index (χ2v) is 6.13. The molecule has 1 aromatic heterocycles. The van der Waals surface area contributed by atoms with Crippen LogP contribution >= 0.6 is 15.9 Å². The van der Waals surface area contributed by atoms with Crippen molar-refractivity contribution in [1.82, 2.24) is 15.2 Å². The smallest absolute Gasteiger partial charge is 0.268 e. The summed E-state index contributed by atoms with van der Waals surface area (Å²) in [5.41, 5.74) is 4.52. The highest BCUT2D eigenvalue weighted by molar-refractivity contribution is 9.10. The summed E-state index contributed by atoms with van der Waals surface area (Å²) in [7, 11) is 0. The largest absolute Gasteiger partial charge is 0.347 e. The normalized spacial score (nSPS) is 13.2. The summed E-state index contributed by atoms with van der Waals surface area (Å²) in [6.45, 7) is 5.22. The molecule has 0 saturated carbocycles. The van der Waals surface area contributed by atoms with Crippen LogP contribution < -0.4 is 10.6 Å². The third kappa shape index (κ3) is 3.04. The molecule has 0 fully saturated rings. The van der Waals surface area contributed by atoms with Gasteiger partial charge in [0.25, 0.3) is 5.91 Å². The number of carbonyl (C=O) groups excluding carboxylic acids is 1. The van der Waals surface area contributed by atoms with Crippen molar-refractivity contribution in [2.24, 2.45) is 0 Å². The highest BCUT2D eigenvalue weighted by Gasteiger charge is 2.13. The number of nitrogens with one attached hydrogen (secondary N) is 2. The van der Waals surface area contributed by atoms with Crippen molar-refractivity contribution in [2.75, 3.05) is 0 Å². The van der Waals surface area contributed by atoms with Crippen molar-refractivity contribution in [3.05, 3.63) is 57.3 Å². The first-order chi connectivity index (χ1) is 10.2. The van der Waals surface area contributed by atoms with Crippen LogP contribution in [0.2, 0.25) is 0 Å².